The summed E-state index contributed by atoms with van der Waals surface area (Å²) in [6, 6.07) is 11.1. The summed E-state index contributed by atoms with van der Waals surface area (Å²) in [5.41, 5.74) is 1.90. The molecule has 2 aromatic carbocycles. The molecule has 1 saturated heterocycles. The quantitative estimate of drug-likeness (QED) is 0.569. The molecule has 0 spiro atoms. The molecule has 6 nitrogen and oxygen atoms in total. The van der Waals surface area contributed by atoms with E-state index in [1.54, 1.807) is 4.90 Å². The number of amides is 3. The zero-order valence-corrected chi connectivity index (χ0v) is 19.0. The summed E-state index contributed by atoms with van der Waals surface area (Å²) in [7, 11) is 0. The molecule has 34 heavy (non-hydrogen) atoms. The Hall–Kier alpha value is -3.36. The molecule has 0 saturated carbocycles. The predicted molar refractivity (Wildman–Crippen MR) is 123 cm³/mol. The minimum absolute atomic E-state index is 0.0385. The van der Waals surface area contributed by atoms with Crippen molar-refractivity contribution in [3.8, 4) is 0 Å². The molecule has 182 valence electrons. The summed E-state index contributed by atoms with van der Waals surface area (Å²) in [6.07, 6.45) is 0.518. The number of aryl methyl sites for hydroxylation is 1. The molecule has 0 aliphatic carbocycles. The maximum Gasteiger partial charge on any atom is 0.324 e. The number of rotatable bonds is 8. The van der Waals surface area contributed by atoms with Gasteiger partial charge >= 0.3 is 12.5 Å². The number of Topliss-reactive ketones (excluding diaryl/α,β-unsaturated/α-hetero) is 1. The number of halogens is 3. The molecule has 1 aliphatic heterocycles. The highest BCUT2D eigenvalue weighted by Gasteiger charge is 2.25. The summed E-state index contributed by atoms with van der Waals surface area (Å²) < 4.78 is 39.5. The van der Waals surface area contributed by atoms with Crippen molar-refractivity contribution in [1.29, 1.82) is 0 Å². The molecule has 1 aliphatic rings. The van der Waals surface area contributed by atoms with Gasteiger partial charge in [-0.05, 0) is 49.4 Å². The Morgan fingerprint density at radius 2 is 1.71 bits per heavy atom. The maximum absolute atomic E-state index is 14.9. The van der Waals surface area contributed by atoms with Crippen molar-refractivity contribution in [2.24, 2.45) is 0 Å². The van der Waals surface area contributed by atoms with Crippen LogP contribution in [0.25, 0.3) is 0 Å². The van der Waals surface area contributed by atoms with Crippen LogP contribution in [0.5, 0.6) is 0 Å². The smallest absolute Gasteiger partial charge is 0.324 e. The molecule has 0 radical (unpaired) electrons. The third kappa shape index (κ3) is 6.36. The summed E-state index contributed by atoms with van der Waals surface area (Å²) in [6.45, 7) is 2.61. The Balaban J connectivity index is 1.80. The van der Waals surface area contributed by atoms with Gasteiger partial charge in [0, 0.05) is 29.9 Å². The van der Waals surface area contributed by atoms with Gasteiger partial charge in [0.25, 0.3) is 5.91 Å². The lowest BCUT2D eigenvalue weighted by Crippen LogP contribution is -2.45. The Bertz CT molecular complexity index is 1020. The monoisotopic (exact) mass is 475 g/mol. The molecule has 0 atom stereocenters. The molecule has 1 N–H and O–H groups in total. The van der Waals surface area contributed by atoms with E-state index in [0.29, 0.717) is 18.8 Å². The van der Waals surface area contributed by atoms with Crippen molar-refractivity contribution in [2.45, 2.75) is 45.6 Å². The molecule has 1 heterocycles. The number of carbonyl (C=O) groups excluding carboxylic acids is 3. The largest absolute Gasteiger partial charge is 0.344 e. The first-order valence-corrected chi connectivity index (χ1v) is 11.3. The van der Waals surface area contributed by atoms with Crippen LogP contribution in [0.1, 0.15) is 47.7 Å². The number of alkyl halides is 2. The molecule has 0 aromatic heterocycles. The van der Waals surface area contributed by atoms with Gasteiger partial charge in [-0.1, -0.05) is 31.2 Å². The van der Waals surface area contributed by atoms with Crippen molar-refractivity contribution < 1.29 is 27.6 Å². The number of hydrogen-bond donors (Lipinski definition) is 1. The van der Waals surface area contributed by atoms with Crippen LogP contribution < -0.4 is 10.2 Å². The number of carbonyl (C=O) groups is 3. The van der Waals surface area contributed by atoms with Gasteiger partial charge in [0.15, 0.2) is 5.78 Å². The lowest BCUT2D eigenvalue weighted by molar-refractivity contribution is -0.131. The van der Waals surface area contributed by atoms with Crippen LogP contribution in [0.2, 0.25) is 0 Å². The zero-order valence-electron chi connectivity index (χ0n) is 19.0. The molecule has 1 fully saturated rings. The molecule has 2 aromatic rings. The number of benzene rings is 2. The van der Waals surface area contributed by atoms with Gasteiger partial charge in [-0.25, -0.2) is 9.18 Å². The number of urea groups is 1. The number of nitrogens with zero attached hydrogens (tertiary/aromatic N) is 2. The van der Waals surface area contributed by atoms with Crippen LogP contribution in [0, 0.1) is 5.82 Å². The first-order valence-electron chi connectivity index (χ1n) is 11.3. The van der Waals surface area contributed by atoms with E-state index in [2.05, 4.69) is 0 Å². The summed E-state index contributed by atoms with van der Waals surface area (Å²) >= 11 is 0. The average molecular weight is 476 g/mol. The second-order valence-electron chi connectivity index (χ2n) is 8.18. The maximum atomic E-state index is 14.9. The van der Waals surface area contributed by atoms with Crippen molar-refractivity contribution in [3.05, 3.63) is 65.0 Å². The van der Waals surface area contributed by atoms with Gasteiger partial charge in [-0.15, -0.1) is 0 Å². The van der Waals surface area contributed by atoms with Crippen LogP contribution in [0.15, 0.2) is 42.5 Å². The highest BCUT2D eigenvalue weighted by atomic mass is 19.3. The third-order valence-corrected chi connectivity index (χ3v) is 5.84. The van der Waals surface area contributed by atoms with E-state index in [0.717, 1.165) is 37.3 Å². The van der Waals surface area contributed by atoms with Crippen molar-refractivity contribution >= 4 is 23.4 Å². The number of nitrogens with one attached hydrogen (secondary N) is 1. The van der Waals surface area contributed by atoms with Crippen molar-refractivity contribution in [3.63, 3.8) is 0 Å². The number of hydrogen-bond acceptors (Lipinski definition) is 3. The average Bonchev–Trinajstić information content (AvgIpc) is 2.86. The Morgan fingerprint density at radius 3 is 2.29 bits per heavy atom. The lowest BCUT2D eigenvalue weighted by Gasteiger charge is -2.33. The standard InChI is InChI=1S/C25H28F3N3O3/c1-2-17-6-10-20(11-7-17)31(25(34)30-12-4-3-5-13-30)16-19-9-8-18(14-21(19)26)22(32)15-29-24(33)23(27)28/h6-11,14,23H,2-5,12-13,15-16H2,1H3,(H,29,33). The first-order chi connectivity index (χ1) is 16.3. The zero-order chi connectivity index (χ0) is 24.7. The Morgan fingerprint density at radius 1 is 1.03 bits per heavy atom. The molecular weight excluding hydrogens is 447 g/mol. The SMILES string of the molecule is CCc1ccc(N(Cc2ccc(C(=O)CNC(=O)C(F)F)cc2F)C(=O)N2CCCCC2)cc1. The highest BCUT2D eigenvalue weighted by Crippen LogP contribution is 2.23. The van der Waals surface area contributed by atoms with Gasteiger partial charge in [-0.2, -0.15) is 8.78 Å². The number of anilines is 1. The number of ketones is 1. The van der Waals surface area contributed by atoms with Gasteiger partial charge in [0.1, 0.15) is 5.82 Å². The van der Waals surface area contributed by atoms with Crippen LogP contribution in [0.3, 0.4) is 0 Å². The number of piperidine rings is 1. The van der Waals surface area contributed by atoms with Gasteiger partial charge in [-0.3, -0.25) is 14.5 Å². The van der Waals surface area contributed by atoms with Crippen molar-refractivity contribution in [1.82, 2.24) is 10.2 Å². The van der Waals surface area contributed by atoms with Gasteiger partial charge in [0.2, 0.25) is 0 Å². The van der Waals surface area contributed by atoms with Crippen LogP contribution in [0.4, 0.5) is 23.7 Å². The molecule has 0 unspecified atom stereocenters. The summed E-state index contributed by atoms with van der Waals surface area (Å²) in [5.74, 6) is -2.96. The third-order valence-electron chi connectivity index (χ3n) is 5.84. The fourth-order valence-corrected chi connectivity index (χ4v) is 3.80. The predicted octanol–water partition coefficient (Wildman–Crippen LogP) is 4.56. The van der Waals surface area contributed by atoms with Crippen LogP contribution >= 0.6 is 0 Å². The molecule has 0 bridgehead atoms. The molecular formula is C25H28F3N3O3. The fraction of sp³-hybridized carbons (Fsp3) is 0.400. The highest BCUT2D eigenvalue weighted by molar-refractivity contribution is 5.99. The van der Waals surface area contributed by atoms with E-state index in [1.807, 2.05) is 36.5 Å². The normalized spacial score (nSPS) is 13.6. The van der Waals surface area contributed by atoms with E-state index < -0.39 is 30.5 Å². The topological polar surface area (TPSA) is 69.7 Å². The lowest BCUT2D eigenvalue weighted by atomic mass is 10.1. The molecule has 3 amide bonds. The second-order valence-corrected chi connectivity index (χ2v) is 8.18. The summed E-state index contributed by atoms with van der Waals surface area (Å²) in [4.78, 5) is 39.7. The van der Waals surface area contributed by atoms with E-state index >= 15 is 0 Å². The minimum Gasteiger partial charge on any atom is -0.344 e. The van der Waals surface area contributed by atoms with E-state index in [1.165, 1.54) is 17.0 Å². The number of likely N-dealkylation sites (tertiary alicyclic amines) is 1. The van der Waals surface area contributed by atoms with E-state index in [4.69, 9.17) is 0 Å². The van der Waals surface area contributed by atoms with Crippen molar-refractivity contribution in [2.75, 3.05) is 24.5 Å². The van der Waals surface area contributed by atoms with Crippen LogP contribution in [-0.2, 0) is 17.8 Å². The van der Waals surface area contributed by atoms with Gasteiger partial charge < -0.3 is 10.2 Å². The Kier molecular flexibility index (Phi) is 8.67. The molecule has 9 heteroatoms. The minimum atomic E-state index is -3.23. The molecule has 3 rings (SSSR count). The van der Waals surface area contributed by atoms with E-state index in [-0.39, 0.29) is 23.7 Å². The summed E-state index contributed by atoms with van der Waals surface area (Å²) in [5, 5.41) is 1.81. The first kappa shape index (κ1) is 25.3. The Labute approximate surface area is 196 Å². The second kappa shape index (κ2) is 11.7. The van der Waals surface area contributed by atoms with Crippen LogP contribution in [-0.4, -0.2) is 48.7 Å². The van der Waals surface area contributed by atoms with E-state index in [9.17, 15) is 27.6 Å². The van der Waals surface area contributed by atoms with Gasteiger partial charge in [0.05, 0.1) is 13.1 Å². The fourth-order valence-electron chi connectivity index (χ4n) is 3.80.